The Balaban J connectivity index is 2.04. The third-order valence-corrected chi connectivity index (χ3v) is 3.96. The molecule has 0 aliphatic rings. The van der Waals surface area contributed by atoms with Gasteiger partial charge < -0.3 is 10.1 Å². The van der Waals surface area contributed by atoms with Gasteiger partial charge in [0.2, 0.25) is 0 Å². The Labute approximate surface area is 131 Å². The standard InChI is InChI=1S/C16H12Cl2N2O/c1-9-2-5-15-11(6-9)12(16(21)20-15)8-19-10-3-4-13(17)14(18)7-10/h2-8,20-21H,1H3. The number of benzene rings is 2. The van der Waals surface area contributed by atoms with Gasteiger partial charge in [-0.1, -0.05) is 34.8 Å². The van der Waals surface area contributed by atoms with Crippen molar-refractivity contribution in [1.82, 2.24) is 4.98 Å². The number of H-pyrrole nitrogens is 1. The summed E-state index contributed by atoms with van der Waals surface area (Å²) < 4.78 is 0. The van der Waals surface area contributed by atoms with Gasteiger partial charge in [0.1, 0.15) is 0 Å². The maximum absolute atomic E-state index is 10.0. The average Bonchev–Trinajstić information content (AvgIpc) is 2.75. The van der Waals surface area contributed by atoms with Crippen molar-refractivity contribution < 1.29 is 5.11 Å². The SMILES string of the molecule is Cc1ccc2[nH]c(O)c(C=Nc3ccc(Cl)c(Cl)c3)c2c1. The van der Waals surface area contributed by atoms with Crippen LogP contribution in [0.2, 0.25) is 10.0 Å². The van der Waals surface area contributed by atoms with E-state index >= 15 is 0 Å². The first-order chi connectivity index (χ1) is 10.0. The van der Waals surface area contributed by atoms with E-state index in [1.807, 2.05) is 25.1 Å². The number of nitrogens with zero attached hydrogens (tertiary/aromatic N) is 1. The van der Waals surface area contributed by atoms with E-state index in [0.29, 0.717) is 21.3 Å². The van der Waals surface area contributed by atoms with Crippen LogP contribution < -0.4 is 0 Å². The molecule has 3 rings (SSSR count). The second-order valence-electron chi connectivity index (χ2n) is 4.79. The molecular weight excluding hydrogens is 307 g/mol. The molecule has 0 unspecified atom stereocenters. The van der Waals surface area contributed by atoms with Crippen LogP contribution in [0, 0.1) is 6.92 Å². The fourth-order valence-corrected chi connectivity index (χ4v) is 2.44. The minimum Gasteiger partial charge on any atom is -0.494 e. The van der Waals surface area contributed by atoms with Crippen molar-refractivity contribution in [2.24, 2.45) is 4.99 Å². The van der Waals surface area contributed by atoms with Crippen LogP contribution in [0.4, 0.5) is 5.69 Å². The molecule has 1 heterocycles. The maximum atomic E-state index is 10.0. The Morgan fingerprint density at radius 2 is 1.90 bits per heavy atom. The number of aryl methyl sites for hydroxylation is 1. The fraction of sp³-hybridized carbons (Fsp3) is 0.0625. The zero-order valence-corrected chi connectivity index (χ0v) is 12.7. The first-order valence-electron chi connectivity index (χ1n) is 6.35. The molecule has 0 radical (unpaired) electrons. The summed E-state index contributed by atoms with van der Waals surface area (Å²) >= 11 is 11.8. The summed E-state index contributed by atoms with van der Waals surface area (Å²) in [6, 6.07) is 11.1. The van der Waals surface area contributed by atoms with Crippen LogP contribution in [0.3, 0.4) is 0 Å². The lowest BCUT2D eigenvalue weighted by atomic mass is 10.1. The molecular formula is C16H12Cl2N2O. The molecule has 3 aromatic rings. The predicted molar refractivity (Wildman–Crippen MR) is 88.4 cm³/mol. The monoisotopic (exact) mass is 318 g/mol. The highest BCUT2D eigenvalue weighted by Crippen LogP contribution is 2.29. The molecule has 0 bridgehead atoms. The third kappa shape index (κ3) is 2.75. The van der Waals surface area contributed by atoms with Crippen molar-refractivity contribution >= 4 is 46.0 Å². The Bertz CT molecular complexity index is 853. The molecule has 0 aliphatic carbocycles. The average molecular weight is 319 g/mol. The van der Waals surface area contributed by atoms with Crippen molar-refractivity contribution in [3.63, 3.8) is 0 Å². The highest BCUT2D eigenvalue weighted by atomic mass is 35.5. The molecule has 5 heteroatoms. The molecule has 3 nitrogen and oxygen atoms in total. The predicted octanol–water partition coefficient (Wildman–Crippen LogP) is 5.24. The normalized spacial score (nSPS) is 11.6. The third-order valence-electron chi connectivity index (χ3n) is 3.22. The quantitative estimate of drug-likeness (QED) is 0.624. The van der Waals surface area contributed by atoms with Crippen LogP contribution in [-0.2, 0) is 0 Å². The molecule has 0 saturated carbocycles. The van der Waals surface area contributed by atoms with Crippen LogP contribution in [0.25, 0.3) is 10.9 Å². The van der Waals surface area contributed by atoms with E-state index in [2.05, 4.69) is 9.98 Å². The number of aromatic amines is 1. The van der Waals surface area contributed by atoms with E-state index in [9.17, 15) is 5.11 Å². The zero-order valence-electron chi connectivity index (χ0n) is 11.2. The van der Waals surface area contributed by atoms with E-state index in [1.54, 1.807) is 24.4 Å². The number of aliphatic imine (C=N–C) groups is 1. The van der Waals surface area contributed by atoms with Crippen molar-refractivity contribution in [2.75, 3.05) is 0 Å². The largest absolute Gasteiger partial charge is 0.494 e. The first-order valence-corrected chi connectivity index (χ1v) is 7.10. The van der Waals surface area contributed by atoms with Crippen molar-refractivity contribution in [1.29, 1.82) is 0 Å². The number of fused-ring (bicyclic) bond motifs is 1. The molecule has 2 N–H and O–H groups in total. The number of aromatic hydroxyl groups is 1. The number of hydrogen-bond donors (Lipinski definition) is 2. The number of rotatable bonds is 2. The Morgan fingerprint density at radius 1 is 1.10 bits per heavy atom. The molecule has 0 saturated heterocycles. The van der Waals surface area contributed by atoms with Gasteiger partial charge in [-0.3, -0.25) is 4.99 Å². The van der Waals surface area contributed by atoms with Crippen LogP contribution in [0.1, 0.15) is 11.1 Å². The lowest BCUT2D eigenvalue weighted by Gasteiger charge is -1.98. The van der Waals surface area contributed by atoms with Crippen LogP contribution >= 0.6 is 23.2 Å². The van der Waals surface area contributed by atoms with E-state index in [0.717, 1.165) is 16.5 Å². The summed E-state index contributed by atoms with van der Waals surface area (Å²) in [6.07, 6.45) is 1.62. The van der Waals surface area contributed by atoms with Gasteiger partial charge in [0.15, 0.2) is 5.88 Å². The minimum atomic E-state index is 0.0967. The van der Waals surface area contributed by atoms with Gasteiger partial charge >= 0.3 is 0 Å². The number of hydrogen-bond acceptors (Lipinski definition) is 2. The summed E-state index contributed by atoms with van der Waals surface area (Å²) in [5, 5.41) is 11.9. The van der Waals surface area contributed by atoms with Crippen molar-refractivity contribution in [2.45, 2.75) is 6.92 Å². The van der Waals surface area contributed by atoms with Crippen molar-refractivity contribution in [3.8, 4) is 5.88 Å². The smallest absolute Gasteiger partial charge is 0.198 e. The Kier molecular flexibility index (Phi) is 3.62. The molecule has 1 aromatic heterocycles. The van der Waals surface area contributed by atoms with E-state index in [1.165, 1.54) is 0 Å². The highest BCUT2D eigenvalue weighted by molar-refractivity contribution is 6.42. The van der Waals surface area contributed by atoms with E-state index in [-0.39, 0.29) is 5.88 Å². The molecule has 2 aromatic carbocycles. The topological polar surface area (TPSA) is 48.4 Å². The lowest BCUT2D eigenvalue weighted by Crippen LogP contribution is -1.80. The highest BCUT2D eigenvalue weighted by Gasteiger charge is 2.08. The van der Waals surface area contributed by atoms with E-state index < -0.39 is 0 Å². The molecule has 0 fully saturated rings. The number of nitrogens with one attached hydrogen (secondary N) is 1. The summed E-state index contributed by atoms with van der Waals surface area (Å²) in [6.45, 7) is 2.00. The van der Waals surface area contributed by atoms with Gasteiger partial charge in [-0.25, -0.2) is 0 Å². The number of aromatic nitrogens is 1. The van der Waals surface area contributed by atoms with Gasteiger partial charge in [0, 0.05) is 17.1 Å². The van der Waals surface area contributed by atoms with Gasteiger partial charge in [0.25, 0.3) is 0 Å². The van der Waals surface area contributed by atoms with Gasteiger partial charge in [0.05, 0.1) is 21.3 Å². The Morgan fingerprint density at radius 3 is 2.67 bits per heavy atom. The van der Waals surface area contributed by atoms with Crippen LogP contribution in [0.5, 0.6) is 5.88 Å². The first kappa shape index (κ1) is 14.0. The summed E-state index contributed by atoms with van der Waals surface area (Å²) in [4.78, 5) is 7.27. The van der Waals surface area contributed by atoms with E-state index in [4.69, 9.17) is 23.2 Å². The number of halogens is 2. The van der Waals surface area contributed by atoms with Gasteiger partial charge in [-0.05, 0) is 37.3 Å². The van der Waals surface area contributed by atoms with Crippen LogP contribution in [-0.4, -0.2) is 16.3 Å². The molecule has 106 valence electrons. The van der Waals surface area contributed by atoms with Crippen LogP contribution in [0.15, 0.2) is 41.4 Å². The molecule has 0 aliphatic heterocycles. The second-order valence-corrected chi connectivity index (χ2v) is 5.61. The molecule has 0 spiro atoms. The molecule has 0 atom stereocenters. The fourth-order valence-electron chi connectivity index (χ4n) is 2.15. The summed E-state index contributed by atoms with van der Waals surface area (Å²) in [5.41, 5.74) is 3.31. The minimum absolute atomic E-state index is 0.0967. The maximum Gasteiger partial charge on any atom is 0.198 e. The van der Waals surface area contributed by atoms with Gasteiger partial charge in [-0.15, -0.1) is 0 Å². The summed E-state index contributed by atoms with van der Waals surface area (Å²) in [7, 11) is 0. The second kappa shape index (κ2) is 5.43. The lowest BCUT2D eigenvalue weighted by molar-refractivity contribution is 0.457. The zero-order chi connectivity index (χ0) is 15.0. The molecule has 21 heavy (non-hydrogen) atoms. The Hall–Kier alpha value is -1.97. The van der Waals surface area contributed by atoms with Gasteiger partial charge in [-0.2, -0.15) is 0 Å². The molecule has 0 amide bonds. The summed E-state index contributed by atoms with van der Waals surface area (Å²) in [5.74, 6) is 0.0967. The van der Waals surface area contributed by atoms with Crippen molar-refractivity contribution in [3.05, 3.63) is 57.6 Å².